The molecule has 0 N–H and O–H groups in total. The molecule has 0 aliphatic heterocycles. The summed E-state index contributed by atoms with van der Waals surface area (Å²) >= 11 is 0. The second kappa shape index (κ2) is 5.44. The van der Waals surface area contributed by atoms with Gasteiger partial charge in [0.25, 0.3) is 0 Å². The SMILES string of the molecule is C=CCn1c(=O)n(CC(C)=O)c(=O)n(C(C)(C)C)c1=O. The van der Waals surface area contributed by atoms with E-state index in [9.17, 15) is 19.2 Å². The minimum absolute atomic E-state index is 0.0219. The Labute approximate surface area is 115 Å². The minimum Gasteiger partial charge on any atom is -0.298 e. The number of carbonyl (C=O) groups is 1. The van der Waals surface area contributed by atoms with Gasteiger partial charge in [-0.3, -0.25) is 4.79 Å². The molecule has 1 heterocycles. The maximum Gasteiger partial charge on any atom is 0.337 e. The van der Waals surface area contributed by atoms with Crippen molar-refractivity contribution in [1.82, 2.24) is 13.7 Å². The molecule has 0 saturated carbocycles. The lowest BCUT2D eigenvalue weighted by Gasteiger charge is -2.23. The van der Waals surface area contributed by atoms with E-state index in [0.29, 0.717) is 0 Å². The fourth-order valence-corrected chi connectivity index (χ4v) is 1.85. The Morgan fingerprint density at radius 1 is 1.10 bits per heavy atom. The first kappa shape index (κ1) is 15.9. The molecule has 0 aliphatic carbocycles. The number of nitrogens with zero attached hydrogens (tertiary/aromatic N) is 3. The van der Waals surface area contributed by atoms with Crippen molar-refractivity contribution >= 4 is 5.78 Å². The van der Waals surface area contributed by atoms with Crippen LogP contribution in [0.5, 0.6) is 0 Å². The highest BCUT2D eigenvalue weighted by atomic mass is 16.2. The van der Waals surface area contributed by atoms with Gasteiger partial charge in [0.1, 0.15) is 5.78 Å². The Morgan fingerprint density at radius 3 is 2.00 bits per heavy atom. The van der Waals surface area contributed by atoms with Crippen LogP contribution >= 0.6 is 0 Å². The highest BCUT2D eigenvalue weighted by Gasteiger charge is 2.23. The lowest BCUT2D eigenvalue weighted by atomic mass is 10.1. The van der Waals surface area contributed by atoms with E-state index in [0.717, 1.165) is 13.7 Å². The number of hydrogen-bond donors (Lipinski definition) is 0. The zero-order valence-electron chi connectivity index (χ0n) is 12.2. The summed E-state index contributed by atoms with van der Waals surface area (Å²) in [5.74, 6) is -0.339. The third-order valence-corrected chi connectivity index (χ3v) is 2.67. The van der Waals surface area contributed by atoms with E-state index < -0.39 is 22.6 Å². The van der Waals surface area contributed by atoms with Crippen LogP contribution in [0, 0.1) is 0 Å². The smallest absolute Gasteiger partial charge is 0.298 e. The van der Waals surface area contributed by atoms with Crippen molar-refractivity contribution in [3.63, 3.8) is 0 Å². The molecule has 7 nitrogen and oxygen atoms in total. The van der Waals surface area contributed by atoms with E-state index in [1.165, 1.54) is 13.0 Å². The number of Topliss-reactive ketones (excluding diaryl/α,β-unsaturated/α-hetero) is 1. The second-order valence-corrected chi connectivity index (χ2v) is 5.54. The maximum absolute atomic E-state index is 12.3. The van der Waals surface area contributed by atoms with Gasteiger partial charge in [0, 0.05) is 5.54 Å². The van der Waals surface area contributed by atoms with Gasteiger partial charge in [-0.1, -0.05) is 6.08 Å². The molecule has 110 valence electrons. The van der Waals surface area contributed by atoms with Crippen molar-refractivity contribution in [2.24, 2.45) is 0 Å². The van der Waals surface area contributed by atoms with Crippen LogP contribution in [0.3, 0.4) is 0 Å². The monoisotopic (exact) mass is 281 g/mol. The largest absolute Gasteiger partial charge is 0.337 e. The van der Waals surface area contributed by atoms with Gasteiger partial charge in [0.2, 0.25) is 0 Å². The first-order chi connectivity index (χ1) is 9.11. The Morgan fingerprint density at radius 2 is 1.60 bits per heavy atom. The van der Waals surface area contributed by atoms with Crippen molar-refractivity contribution in [3.8, 4) is 0 Å². The van der Waals surface area contributed by atoms with E-state index in [4.69, 9.17) is 0 Å². The van der Waals surface area contributed by atoms with Crippen molar-refractivity contribution in [3.05, 3.63) is 44.1 Å². The van der Waals surface area contributed by atoms with Gasteiger partial charge in [0.15, 0.2) is 0 Å². The maximum atomic E-state index is 12.3. The first-order valence-electron chi connectivity index (χ1n) is 6.18. The van der Waals surface area contributed by atoms with E-state index in [-0.39, 0.29) is 18.9 Å². The summed E-state index contributed by atoms with van der Waals surface area (Å²) < 4.78 is 2.64. The van der Waals surface area contributed by atoms with Gasteiger partial charge in [0.05, 0.1) is 13.1 Å². The van der Waals surface area contributed by atoms with Crippen LogP contribution in [0.4, 0.5) is 0 Å². The average Bonchev–Trinajstić information content (AvgIpc) is 2.28. The van der Waals surface area contributed by atoms with Gasteiger partial charge >= 0.3 is 17.1 Å². The highest BCUT2D eigenvalue weighted by Crippen LogP contribution is 2.06. The lowest BCUT2D eigenvalue weighted by Crippen LogP contribution is -2.58. The number of rotatable bonds is 4. The number of hydrogen-bond acceptors (Lipinski definition) is 4. The Hall–Kier alpha value is -2.18. The molecule has 1 aromatic rings. The molecule has 0 amide bonds. The van der Waals surface area contributed by atoms with Crippen molar-refractivity contribution in [2.75, 3.05) is 0 Å². The lowest BCUT2D eigenvalue weighted by molar-refractivity contribution is -0.117. The Balaban J connectivity index is 3.89. The third-order valence-electron chi connectivity index (χ3n) is 2.67. The molecule has 0 atom stereocenters. The van der Waals surface area contributed by atoms with Crippen LogP contribution in [0.15, 0.2) is 27.0 Å². The van der Waals surface area contributed by atoms with Gasteiger partial charge in [-0.15, -0.1) is 6.58 Å². The van der Waals surface area contributed by atoms with Crippen LogP contribution in [0.25, 0.3) is 0 Å². The van der Waals surface area contributed by atoms with E-state index in [2.05, 4.69) is 6.58 Å². The summed E-state index contributed by atoms with van der Waals surface area (Å²) in [5.41, 5.74) is -3.07. The zero-order chi connectivity index (χ0) is 15.7. The molecule has 0 unspecified atom stereocenters. The molecule has 0 radical (unpaired) electrons. The van der Waals surface area contributed by atoms with Crippen molar-refractivity contribution in [1.29, 1.82) is 0 Å². The molecule has 0 aromatic carbocycles. The molecule has 20 heavy (non-hydrogen) atoms. The van der Waals surface area contributed by atoms with Crippen molar-refractivity contribution in [2.45, 2.75) is 46.3 Å². The standard InChI is InChI=1S/C13H19N3O4/c1-6-7-14-10(18)15(8-9(2)17)12(20)16(11(14)19)13(3,4)5/h6H,1,7-8H2,2-5H3. The number of aromatic nitrogens is 3. The number of allylic oxidation sites excluding steroid dienone is 1. The van der Waals surface area contributed by atoms with Gasteiger partial charge < -0.3 is 0 Å². The summed E-state index contributed by atoms with van der Waals surface area (Å²) in [7, 11) is 0. The fourth-order valence-electron chi connectivity index (χ4n) is 1.85. The molecule has 7 heteroatoms. The van der Waals surface area contributed by atoms with Crippen LogP contribution < -0.4 is 17.1 Å². The fraction of sp³-hybridized carbons (Fsp3) is 0.538. The zero-order valence-corrected chi connectivity index (χ0v) is 12.2. The quantitative estimate of drug-likeness (QED) is 0.709. The van der Waals surface area contributed by atoms with E-state index >= 15 is 0 Å². The predicted molar refractivity (Wildman–Crippen MR) is 75.1 cm³/mol. The second-order valence-electron chi connectivity index (χ2n) is 5.54. The topological polar surface area (TPSA) is 83.1 Å². The summed E-state index contributed by atoms with van der Waals surface area (Å²) in [4.78, 5) is 47.9. The average molecular weight is 281 g/mol. The Kier molecular flexibility index (Phi) is 4.32. The van der Waals surface area contributed by atoms with E-state index in [1.807, 2.05) is 0 Å². The molecule has 0 bridgehead atoms. The molecule has 1 rings (SSSR count). The molecule has 0 saturated heterocycles. The molecule has 0 fully saturated rings. The molecule has 0 spiro atoms. The predicted octanol–water partition coefficient (Wildman–Crippen LogP) is -0.298. The summed E-state index contributed by atoms with van der Waals surface area (Å²) in [6, 6.07) is 0. The van der Waals surface area contributed by atoms with Crippen LogP contribution in [0.2, 0.25) is 0 Å². The number of ketones is 1. The van der Waals surface area contributed by atoms with E-state index in [1.54, 1.807) is 20.8 Å². The highest BCUT2D eigenvalue weighted by molar-refractivity contribution is 5.75. The van der Waals surface area contributed by atoms with Gasteiger partial charge in [-0.25, -0.2) is 28.1 Å². The molecular weight excluding hydrogens is 262 g/mol. The number of carbonyl (C=O) groups excluding carboxylic acids is 1. The van der Waals surface area contributed by atoms with Crippen LogP contribution in [-0.4, -0.2) is 19.5 Å². The summed E-state index contributed by atoms with van der Waals surface area (Å²) in [6.07, 6.45) is 1.39. The molecule has 1 aromatic heterocycles. The van der Waals surface area contributed by atoms with Gasteiger partial charge in [-0.05, 0) is 27.7 Å². The van der Waals surface area contributed by atoms with Gasteiger partial charge in [-0.2, -0.15) is 0 Å². The molecule has 0 aliphatic rings. The van der Waals surface area contributed by atoms with Crippen LogP contribution in [-0.2, 0) is 23.4 Å². The normalized spacial score (nSPS) is 11.4. The summed E-state index contributed by atoms with van der Waals surface area (Å²) in [5, 5.41) is 0. The summed E-state index contributed by atoms with van der Waals surface area (Å²) in [6.45, 7) is 9.41. The molecular formula is C13H19N3O4. The third kappa shape index (κ3) is 2.87. The first-order valence-corrected chi connectivity index (χ1v) is 6.18. The Bertz CT molecular complexity index is 713. The minimum atomic E-state index is -0.802. The van der Waals surface area contributed by atoms with Crippen LogP contribution in [0.1, 0.15) is 27.7 Å². The van der Waals surface area contributed by atoms with Crippen molar-refractivity contribution < 1.29 is 4.79 Å².